The van der Waals surface area contributed by atoms with Crippen LogP contribution in [0.15, 0.2) is 48.5 Å². The fourth-order valence-electron chi connectivity index (χ4n) is 3.10. The van der Waals surface area contributed by atoms with Crippen molar-refractivity contribution >= 4 is 6.09 Å². The number of rotatable bonds is 8. The molecule has 0 aliphatic rings. The Morgan fingerprint density at radius 3 is 1.97 bits per heavy atom. The summed E-state index contributed by atoms with van der Waals surface area (Å²) in [5.74, 6) is 0.610. The molecule has 33 heavy (non-hydrogen) atoms. The summed E-state index contributed by atoms with van der Waals surface area (Å²) in [5.41, 5.74) is -0.574. The van der Waals surface area contributed by atoms with E-state index in [4.69, 9.17) is 9.47 Å². The number of carbonyl (C=O) groups excluding carboxylic acids is 1. The van der Waals surface area contributed by atoms with Gasteiger partial charge in [0.2, 0.25) is 0 Å². The lowest BCUT2D eigenvalue weighted by molar-refractivity contribution is -0.137. The maximum Gasteiger partial charge on any atom is 0.416 e. The molecule has 0 aliphatic carbocycles. The highest BCUT2D eigenvalue weighted by atomic mass is 19.4. The van der Waals surface area contributed by atoms with E-state index >= 15 is 0 Å². The molecule has 0 fully saturated rings. The van der Waals surface area contributed by atoms with Gasteiger partial charge in [-0.3, -0.25) is 0 Å². The number of amides is 1. The monoisotopic (exact) mass is 469 g/mol. The van der Waals surface area contributed by atoms with Gasteiger partial charge in [-0.15, -0.1) is 0 Å². The van der Waals surface area contributed by atoms with Crippen molar-refractivity contribution in [2.24, 2.45) is 0 Å². The largest absolute Gasteiger partial charge is 0.457 e. The highest BCUT2D eigenvalue weighted by molar-refractivity contribution is 5.68. The number of hydrogen-bond acceptors (Lipinski definition) is 5. The number of hydrogen-bond donors (Lipinski definition) is 3. The van der Waals surface area contributed by atoms with Crippen LogP contribution >= 0.6 is 0 Å². The topological polar surface area (TPSA) is 88.0 Å². The maximum atomic E-state index is 12.7. The Kier molecular flexibility index (Phi) is 8.74. The molecule has 182 valence electrons. The fourth-order valence-corrected chi connectivity index (χ4v) is 3.10. The van der Waals surface area contributed by atoms with E-state index in [0.29, 0.717) is 5.75 Å². The van der Waals surface area contributed by atoms with Gasteiger partial charge in [0, 0.05) is 0 Å². The van der Waals surface area contributed by atoms with Crippen LogP contribution in [0, 0.1) is 0 Å². The second kappa shape index (κ2) is 10.9. The van der Waals surface area contributed by atoms with Crippen LogP contribution in [-0.2, 0) is 10.9 Å². The van der Waals surface area contributed by atoms with Crippen LogP contribution in [0.3, 0.4) is 0 Å². The Labute approximate surface area is 191 Å². The third-order valence-electron chi connectivity index (χ3n) is 4.82. The summed E-state index contributed by atoms with van der Waals surface area (Å²) in [4.78, 5) is 11.9. The fraction of sp³-hybridized carbons (Fsp3) is 0.458. The molecule has 1 amide bonds. The third kappa shape index (κ3) is 8.58. The first-order valence-corrected chi connectivity index (χ1v) is 10.5. The molecule has 3 N–H and O–H groups in total. The van der Waals surface area contributed by atoms with Crippen LogP contribution in [-0.4, -0.2) is 40.7 Å². The molecule has 0 aliphatic heterocycles. The second-order valence-electron chi connectivity index (χ2n) is 8.83. The number of alkyl carbamates (subject to hydrolysis) is 1. The van der Waals surface area contributed by atoms with E-state index in [1.165, 1.54) is 12.1 Å². The molecule has 0 heterocycles. The van der Waals surface area contributed by atoms with Crippen molar-refractivity contribution in [1.29, 1.82) is 0 Å². The van der Waals surface area contributed by atoms with Crippen LogP contribution in [0.2, 0.25) is 0 Å². The van der Waals surface area contributed by atoms with Gasteiger partial charge in [-0.2, -0.15) is 13.2 Å². The molecule has 0 saturated heterocycles. The van der Waals surface area contributed by atoms with E-state index in [1.807, 2.05) is 6.92 Å². The summed E-state index contributed by atoms with van der Waals surface area (Å²) in [5, 5.41) is 22.5. The van der Waals surface area contributed by atoms with Crippen LogP contribution in [0.4, 0.5) is 18.0 Å². The van der Waals surface area contributed by atoms with Crippen molar-refractivity contribution in [2.45, 2.75) is 64.0 Å². The molecule has 9 heteroatoms. The van der Waals surface area contributed by atoms with Gasteiger partial charge in [-0.05, 0) is 75.1 Å². The maximum absolute atomic E-state index is 12.7. The number of alkyl halides is 3. The molecule has 2 aromatic rings. The van der Waals surface area contributed by atoms with Gasteiger partial charge >= 0.3 is 12.3 Å². The molecular weight excluding hydrogens is 439 g/mol. The van der Waals surface area contributed by atoms with E-state index in [9.17, 15) is 28.2 Å². The molecule has 6 nitrogen and oxygen atoms in total. The minimum absolute atomic E-state index is 0.116. The van der Waals surface area contributed by atoms with E-state index in [0.717, 1.165) is 17.7 Å². The third-order valence-corrected chi connectivity index (χ3v) is 4.82. The first kappa shape index (κ1) is 26.5. The van der Waals surface area contributed by atoms with Gasteiger partial charge in [0.15, 0.2) is 0 Å². The molecule has 2 aromatic carbocycles. The summed E-state index contributed by atoms with van der Waals surface area (Å²) >= 11 is 0. The van der Waals surface area contributed by atoms with Crippen molar-refractivity contribution < 1.29 is 37.7 Å². The Bertz CT molecular complexity index is 892. The summed E-state index contributed by atoms with van der Waals surface area (Å²) < 4.78 is 48.7. The van der Waals surface area contributed by atoms with E-state index in [-0.39, 0.29) is 18.1 Å². The van der Waals surface area contributed by atoms with Crippen molar-refractivity contribution in [1.82, 2.24) is 5.32 Å². The van der Waals surface area contributed by atoms with Crippen LogP contribution in [0.1, 0.15) is 51.2 Å². The summed E-state index contributed by atoms with van der Waals surface area (Å²) in [6, 6.07) is 10.5. The standard InChI is InChI=1S/C24H30F3NO5/c1-15(13-21(30)20(14-29)28-22(31)33-23(2,3)4)16-5-9-18(10-6-16)32-19-11-7-17(8-12-19)24(25,26)27/h5-12,15,20-21,29-30H,13-14H2,1-4H3,(H,28,31). The average Bonchev–Trinajstić information content (AvgIpc) is 2.70. The molecule has 0 aromatic heterocycles. The van der Waals surface area contributed by atoms with Gasteiger partial charge in [0.05, 0.1) is 24.3 Å². The summed E-state index contributed by atoms with van der Waals surface area (Å²) in [7, 11) is 0. The minimum Gasteiger partial charge on any atom is -0.457 e. The predicted molar refractivity (Wildman–Crippen MR) is 117 cm³/mol. The molecule has 0 saturated carbocycles. The average molecular weight is 470 g/mol. The molecule has 3 atom stereocenters. The highest BCUT2D eigenvalue weighted by Crippen LogP contribution is 2.32. The van der Waals surface area contributed by atoms with Crippen molar-refractivity contribution in [3.63, 3.8) is 0 Å². The molecule has 0 radical (unpaired) electrons. The quantitative estimate of drug-likeness (QED) is 0.492. The van der Waals surface area contributed by atoms with Crippen molar-refractivity contribution in [3.8, 4) is 11.5 Å². The van der Waals surface area contributed by atoms with Gasteiger partial charge in [-0.25, -0.2) is 4.79 Å². The minimum atomic E-state index is -4.40. The lowest BCUT2D eigenvalue weighted by Crippen LogP contribution is -2.47. The normalized spacial score (nSPS) is 14.8. The number of carbonyl (C=O) groups is 1. The van der Waals surface area contributed by atoms with Gasteiger partial charge in [0.1, 0.15) is 17.1 Å². The van der Waals surface area contributed by atoms with Crippen LogP contribution < -0.4 is 10.1 Å². The lowest BCUT2D eigenvalue weighted by Gasteiger charge is -2.27. The second-order valence-corrected chi connectivity index (χ2v) is 8.83. The van der Waals surface area contributed by atoms with E-state index in [1.54, 1.807) is 45.0 Å². The first-order valence-electron chi connectivity index (χ1n) is 10.5. The molecule has 0 spiro atoms. The summed E-state index contributed by atoms with van der Waals surface area (Å²) in [6.45, 7) is 6.57. The number of halogens is 3. The van der Waals surface area contributed by atoms with Crippen LogP contribution in [0.5, 0.6) is 11.5 Å². The molecule has 3 unspecified atom stereocenters. The zero-order chi connectivity index (χ0) is 24.8. The number of aliphatic hydroxyl groups excluding tert-OH is 2. The number of ether oxygens (including phenoxy) is 2. The number of benzene rings is 2. The molecule has 0 bridgehead atoms. The predicted octanol–water partition coefficient (Wildman–Crippen LogP) is 5.24. The van der Waals surface area contributed by atoms with Gasteiger partial charge < -0.3 is 25.0 Å². The van der Waals surface area contributed by atoms with Crippen LogP contribution in [0.25, 0.3) is 0 Å². The van der Waals surface area contributed by atoms with E-state index < -0.39 is 42.2 Å². The molecular formula is C24H30F3NO5. The first-order chi connectivity index (χ1) is 15.3. The van der Waals surface area contributed by atoms with Gasteiger partial charge in [-0.1, -0.05) is 19.1 Å². The van der Waals surface area contributed by atoms with E-state index in [2.05, 4.69) is 5.32 Å². The number of nitrogens with one attached hydrogen (secondary N) is 1. The van der Waals surface area contributed by atoms with Gasteiger partial charge in [0.25, 0.3) is 0 Å². The molecule has 2 rings (SSSR count). The Morgan fingerprint density at radius 2 is 1.52 bits per heavy atom. The Hall–Kier alpha value is -2.78. The highest BCUT2D eigenvalue weighted by Gasteiger charge is 2.30. The number of aliphatic hydroxyl groups is 2. The SMILES string of the molecule is CC(CC(O)C(CO)NC(=O)OC(C)(C)C)c1ccc(Oc2ccc(C(F)(F)F)cc2)cc1. The van der Waals surface area contributed by atoms with Crippen molar-refractivity contribution in [3.05, 3.63) is 59.7 Å². The Morgan fingerprint density at radius 1 is 1.00 bits per heavy atom. The van der Waals surface area contributed by atoms with Crippen molar-refractivity contribution in [2.75, 3.05) is 6.61 Å². The zero-order valence-corrected chi connectivity index (χ0v) is 19.0. The smallest absolute Gasteiger partial charge is 0.416 e. The zero-order valence-electron chi connectivity index (χ0n) is 19.0. The Balaban J connectivity index is 1.94. The summed E-state index contributed by atoms with van der Waals surface area (Å²) in [6.07, 6.45) is -5.88. The lowest BCUT2D eigenvalue weighted by atomic mass is 9.92.